The summed E-state index contributed by atoms with van der Waals surface area (Å²) in [4.78, 5) is 0.244. The van der Waals surface area contributed by atoms with E-state index >= 15 is 0 Å². The van der Waals surface area contributed by atoms with E-state index in [1.807, 2.05) is 18.2 Å². The topological polar surface area (TPSA) is 46.6 Å². The van der Waals surface area contributed by atoms with Gasteiger partial charge in [-0.15, -0.1) is 0 Å². The first-order valence-electron chi connectivity index (χ1n) is 7.79. The molecule has 128 valence electrons. The lowest BCUT2D eigenvalue weighted by Gasteiger charge is -2.29. The van der Waals surface area contributed by atoms with Gasteiger partial charge in [-0.2, -0.15) is 4.31 Å². The zero-order valence-corrected chi connectivity index (χ0v) is 15.3. The monoisotopic (exact) mass is 365 g/mol. The van der Waals surface area contributed by atoms with Crippen LogP contribution in [0.4, 0.5) is 0 Å². The standard InChI is InChI=1S/C18H20ClNO3S/c1-13-17(19)8-5-9-18(13)24(21,22)20(2)11-16-10-14-6-3-4-7-15(14)12-23-16/h3-9,16H,10-12H2,1-2H3. The van der Waals surface area contributed by atoms with Crippen LogP contribution >= 0.6 is 11.6 Å². The molecule has 4 nitrogen and oxygen atoms in total. The minimum absolute atomic E-state index is 0.154. The Morgan fingerprint density at radius 1 is 1.17 bits per heavy atom. The number of benzene rings is 2. The van der Waals surface area contributed by atoms with Crippen molar-refractivity contribution < 1.29 is 13.2 Å². The smallest absolute Gasteiger partial charge is 0.243 e. The Morgan fingerprint density at radius 2 is 1.88 bits per heavy atom. The molecule has 0 bridgehead atoms. The lowest BCUT2D eigenvalue weighted by molar-refractivity contribution is 0.0202. The van der Waals surface area contributed by atoms with Crippen LogP contribution in [0.25, 0.3) is 0 Å². The van der Waals surface area contributed by atoms with E-state index in [4.69, 9.17) is 16.3 Å². The predicted molar refractivity (Wildman–Crippen MR) is 94.7 cm³/mol. The van der Waals surface area contributed by atoms with Crippen molar-refractivity contribution in [2.75, 3.05) is 13.6 Å². The van der Waals surface area contributed by atoms with Crippen molar-refractivity contribution in [1.29, 1.82) is 0 Å². The van der Waals surface area contributed by atoms with Gasteiger partial charge >= 0.3 is 0 Å². The molecule has 1 aliphatic heterocycles. The van der Waals surface area contributed by atoms with Crippen molar-refractivity contribution in [2.45, 2.75) is 31.0 Å². The molecule has 24 heavy (non-hydrogen) atoms. The van der Waals surface area contributed by atoms with Gasteiger partial charge in [-0.05, 0) is 35.7 Å². The summed E-state index contributed by atoms with van der Waals surface area (Å²) in [5.74, 6) is 0. The second-order valence-corrected chi connectivity index (χ2v) is 8.47. The molecule has 0 amide bonds. The average molecular weight is 366 g/mol. The summed E-state index contributed by atoms with van der Waals surface area (Å²) < 4.78 is 32.9. The van der Waals surface area contributed by atoms with Gasteiger partial charge in [0.05, 0.1) is 17.6 Å². The number of hydrogen-bond donors (Lipinski definition) is 0. The molecule has 2 aromatic carbocycles. The maximum Gasteiger partial charge on any atom is 0.243 e. The van der Waals surface area contributed by atoms with Crippen LogP contribution in [-0.4, -0.2) is 32.4 Å². The van der Waals surface area contributed by atoms with E-state index in [0.29, 0.717) is 30.2 Å². The van der Waals surface area contributed by atoms with E-state index in [0.717, 1.165) is 0 Å². The van der Waals surface area contributed by atoms with Gasteiger partial charge in [0.15, 0.2) is 0 Å². The van der Waals surface area contributed by atoms with Gasteiger partial charge in [0.25, 0.3) is 0 Å². The fourth-order valence-electron chi connectivity index (χ4n) is 2.95. The van der Waals surface area contributed by atoms with Crippen molar-refractivity contribution in [2.24, 2.45) is 0 Å². The molecule has 0 saturated carbocycles. The van der Waals surface area contributed by atoms with Crippen molar-refractivity contribution in [1.82, 2.24) is 4.31 Å². The minimum Gasteiger partial charge on any atom is -0.372 e. The molecule has 0 radical (unpaired) electrons. The van der Waals surface area contributed by atoms with E-state index < -0.39 is 10.0 Å². The van der Waals surface area contributed by atoms with Gasteiger partial charge < -0.3 is 4.74 Å². The number of likely N-dealkylation sites (N-methyl/N-ethyl adjacent to an activating group) is 1. The van der Waals surface area contributed by atoms with Crippen LogP contribution < -0.4 is 0 Å². The molecule has 6 heteroatoms. The maximum atomic E-state index is 12.8. The Balaban J connectivity index is 1.77. The number of fused-ring (bicyclic) bond motifs is 1. The molecule has 0 fully saturated rings. The Bertz CT molecular complexity index is 851. The zero-order chi connectivity index (χ0) is 17.3. The summed E-state index contributed by atoms with van der Waals surface area (Å²) in [6, 6.07) is 13.0. The summed E-state index contributed by atoms with van der Waals surface area (Å²) in [5, 5.41) is 0.451. The normalized spacial score (nSPS) is 17.8. The molecular weight excluding hydrogens is 346 g/mol. The van der Waals surface area contributed by atoms with Crippen LogP contribution in [0.5, 0.6) is 0 Å². The molecule has 0 saturated heterocycles. The number of ether oxygens (including phenoxy) is 1. The highest BCUT2D eigenvalue weighted by molar-refractivity contribution is 7.89. The highest BCUT2D eigenvalue weighted by atomic mass is 35.5. The molecule has 0 N–H and O–H groups in total. The second kappa shape index (κ2) is 6.84. The largest absolute Gasteiger partial charge is 0.372 e. The lowest BCUT2D eigenvalue weighted by atomic mass is 9.99. The second-order valence-electron chi connectivity index (χ2n) is 6.05. The van der Waals surface area contributed by atoms with Crippen LogP contribution in [0, 0.1) is 6.92 Å². The quantitative estimate of drug-likeness (QED) is 0.834. The van der Waals surface area contributed by atoms with Crippen LogP contribution in [0.3, 0.4) is 0 Å². The maximum absolute atomic E-state index is 12.8. The number of hydrogen-bond acceptors (Lipinski definition) is 3. The van der Waals surface area contributed by atoms with E-state index in [1.165, 1.54) is 15.4 Å². The van der Waals surface area contributed by atoms with Crippen molar-refractivity contribution in [3.63, 3.8) is 0 Å². The fraction of sp³-hybridized carbons (Fsp3) is 0.333. The fourth-order valence-corrected chi connectivity index (χ4v) is 4.62. The van der Waals surface area contributed by atoms with Crippen LogP contribution in [0.15, 0.2) is 47.4 Å². The van der Waals surface area contributed by atoms with E-state index in [9.17, 15) is 8.42 Å². The summed E-state index contributed by atoms with van der Waals surface area (Å²) in [5.41, 5.74) is 2.96. The number of sulfonamides is 1. The highest BCUT2D eigenvalue weighted by Crippen LogP contribution is 2.26. The SMILES string of the molecule is Cc1c(Cl)cccc1S(=O)(=O)N(C)CC1Cc2ccccc2CO1. The van der Waals surface area contributed by atoms with Crippen LogP contribution in [-0.2, 0) is 27.8 Å². The van der Waals surface area contributed by atoms with Crippen LogP contribution in [0.1, 0.15) is 16.7 Å². The molecule has 0 aliphatic carbocycles. The summed E-state index contributed by atoms with van der Waals surface area (Å²) >= 11 is 6.07. The summed E-state index contributed by atoms with van der Waals surface area (Å²) in [7, 11) is -2.02. The molecule has 3 rings (SSSR count). The molecule has 1 unspecified atom stereocenters. The summed E-state index contributed by atoms with van der Waals surface area (Å²) in [6.45, 7) is 2.55. The molecule has 1 atom stereocenters. The predicted octanol–water partition coefficient (Wildman–Crippen LogP) is 3.41. The molecule has 1 aliphatic rings. The number of halogens is 1. The lowest BCUT2D eigenvalue weighted by Crippen LogP contribution is -2.38. The number of nitrogens with zero attached hydrogens (tertiary/aromatic N) is 1. The molecule has 2 aromatic rings. The number of rotatable bonds is 4. The van der Waals surface area contributed by atoms with Gasteiger partial charge in [0, 0.05) is 25.0 Å². The van der Waals surface area contributed by atoms with E-state index in [-0.39, 0.29) is 11.0 Å². The van der Waals surface area contributed by atoms with E-state index in [2.05, 4.69) is 6.07 Å². The third-order valence-corrected chi connectivity index (χ3v) is 6.78. The Morgan fingerprint density at radius 3 is 2.62 bits per heavy atom. The van der Waals surface area contributed by atoms with Gasteiger partial charge in [-0.1, -0.05) is 41.9 Å². The van der Waals surface area contributed by atoms with Crippen molar-refractivity contribution >= 4 is 21.6 Å². The third kappa shape index (κ3) is 3.35. The van der Waals surface area contributed by atoms with Crippen LogP contribution in [0.2, 0.25) is 5.02 Å². The van der Waals surface area contributed by atoms with Gasteiger partial charge in [-0.3, -0.25) is 0 Å². The Hall–Kier alpha value is -1.40. The minimum atomic E-state index is -3.60. The molecular formula is C18H20ClNO3S. The third-order valence-electron chi connectivity index (χ3n) is 4.41. The first kappa shape index (κ1) is 17.4. The Labute approximate surface area is 148 Å². The van der Waals surface area contributed by atoms with Gasteiger partial charge in [0.2, 0.25) is 10.0 Å². The molecule has 1 heterocycles. The van der Waals surface area contributed by atoms with Gasteiger partial charge in [0.1, 0.15) is 0 Å². The first-order valence-corrected chi connectivity index (χ1v) is 9.61. The first-order chi connectivity index (χ1) is 11.4. The summed E-state index contributed by atoms with van der Waals surface area (Å²) in [6.07, 6.45) is 0.559. The van der Waals surface area contributed by atoms with Crippen molar-refractivity contribution in [3.8, 4) is 0 Å². The Kier molecular flexibility index (Phi) is 4.97. The zero-order valence-electron chi connectivity index (χ0n) is 13.7. The van der Waals surface area contributed by atoms with Gasteiger partial charge in [-0.25, -0.2) is 8.42 Å². The molecule has 0 aromatic heterocycles. The molecule has 0 spiro atoms. The highest BCUT2D eigenvalue weighted by Gasteiger charge is 2.28. The van der Waals surface area contributed by atoms with Crippen molar-refractivity contribution in [3.05, 3.63) is 64.2 Å². The average Bonchev–Trinajstić information content (AvgIpc) is 2.57. The van der Waals surface area contributed by atoms with E-state index in [1.54, 1.807) is 32.2 Å².